The summed E-state index contributed by atoms with van der Waals surface area (Å²) in [6, 6.07) is 3.71. The number of amides is 2. The van der Waals surface area contributed by atoms with Gasteiger partial charge < -0.3 is 14.2 Å². The first-order valence-corrected chi connectivity index (χ1v) is 7.17. The Kier molecular flexibility index (Phi) is 4.82. The van der Waals surface area contributed by atoms with E-state index in [0.29, 0.717) is 39.0 Å². The zero-order valence-corrected chi connectivity index (χ0v) is 12.2. The number of furan rings is 1. The molecule has 0 bridgehead atoms. The van der Waals surface area contributed by atoms with Crippen molar-refractivity contribution >= 4 is 11.8 Å². The number of hydrogen-bond acceptors (Lipinski definition) is 3. The van der Waals surface area contributed by atoms with Crippen molar-refractivity contribution < 1.29 is 14.0 Å². The molecule has 1 aromatic heterocycles. The topological polar surface area (TPSA) is 53.8 Å². The van der Waals surface area contributed by atoms with Gasteiger partial charge in [-0.1, -0.05) is 13.8 Å². The third-order valence-electron chi connectivity index (χ3n) is 3.60. The van der Waals surface area contributed by atoms with E-state index in [1.165, 1.54) is 0 Å². The number of nitrogens with zero attached hydrogens (tertiary/aromatic N) is 2. The van der Waals surface area contributed by atoms with Crippen LogP contribution in [0.4, 0.5) is 0 Å². The van der Waals surface area contributed by atoms with Gasteiger partial charge in [0.15, 0.2) is 0 Å². The normalized spacial score (nSPS) is 15.8. The van der Waals surface area contributed by atoms with Crippen molar-refractivity contribution in [2.45, 2.75) is 26.7 Å². The van der Waals surface area contributed by atoms with Crippen molar-refractivity contribution in [3.8, 4) is 0 Å². The van der Waals surface area contributed by atoms with Gasteiger partial charge in [0.25, 0.3) is 0 Å². The van der Waals surface area contributed by atoms with Crippen LogP contribution in [0.2, 0.25) is 0 Å². The summed E-state index contributed by atoms with van der Waals surface area (Å²) in [4.78, 5) is 27.6. The maximum atomic E-state index is 12.1. The second kappa shape index (κ2) is 6.59. The minimum atomic E-state index is 0.0243. The molecule has 0 radical (unpaired) electrons. The summed E-state index contributed by atoms with van der Waals surface area (Å²) >= 11 is 0. The summed E-state index contributed by atoms with van der Waals surface area (Å²) < 4.78 is 5.22. The lowest BCUT2D eigenvalue weighted by Crippen LogP contribution is -2.51. The summed E-state index contributed by atoms with van der Waals surface area (Å²) in [5.41, 5.74) is 0. The smallest absolute Gasteiger partial charge is 0.225 e. The van der Waals surface area contributed by atoms with E-state index in [9.17, 15) is 9.59 Å². The number of hydrogen-bond donors (Lipinski definition) is 0. The molecule has 0 aromatic carbocycles. The molecule has 0 N–H and O–H groups in total. The van der Waals surface area contributed by atoms with Gasteiger partial charge in [-0.2, -0.15) is 0 Å². The van der Waals surface area contributed by atoms with E-state index in [1.807, 2.05) is 35.8 Å². The van der Waals surface area contributed by atoms with Gasteiger partial charge in [-0.3, -0.25) is 9.59 Å². The first-order valence-electron chi connectivity index (χ1n) is 7.17. The molecule has 2 amide bonds. The lowest BCUT2D eigenvalue weighted by atomic mass is 10.1. The van der Waals surface area contributed by atoms with E-state index < -0.39 is 0 Å². The van der Waals surface area contributed by atoms with Crippen LogP contribution in [0.25, 0.3) is 0 Å². The Hall–Kier alpha value is -1.78. The average Bonchev–Trinajstić information content (AvgIpc) is 2.97. The van der Waals surface area contributed by atoms with Gasteiger partial charge >= 0.3 is 0 Å². The number of carbonyl (C=O) groups is 2. The predicted molar refractivity (Wildman–Crippen MR) is 75.0 cm³/mol. The van der Waals surface area contributed by atoms with Crippen LogP contribution < -0.4 is 0 Å². The summed E-state index contributed by atoms with van der Waals surface area (Å²) in [5.74, 6) is 1.17. The molecule has 0 atom stereocenters. The Morgan fingerprint density at radius 3 is 2.40 bits per heavy atom. The molecule has 1 aliphatic heterocycles. The van der Waals surface area contributed by atoms with Gasteiger partial charge in [0.1, 0.15) is 5.76 Å². The van der Waals surface area contributed by atoms with E-state index in [2.05, 4.69) is 0 Å². The molecule has 0 aliphatic carbocycles. The molecular weight excluding hydrogens is 256 g/mol. The monoisotopic (exact) mass is 278 g/mol. The van der Waals surface area contributed by atoms with Crippen LogP contribution in [-0.2, 0) is 16.0 Å². The second-order valence-corrected chi connectivity index (χ2v) is 5.44. The van der Waals surface area contributed by atoms with Crippen LogP contribution in [0.5, 0.6) is 0 Å². The van der Waals surface area contributed by atoms with Crippen LogP contribution in [-0.4, -0.2) is 47.8 Å². The van der Waals surface area contributed by atoms with E-state index in [1.54, 1.807) is 6.26 Å². The van der Waals surface area contributed by atoms with Crippen LogP contribution in [0, 0.1) is 5.92 Å². The van der Waals surface area contributed by atoms with Crippen LogP contribution >= 0.6 is 0 Å². The van der Waals surface area contributed by atoms with Crippen LogP contribution in [0.3, 0.4) is 0 Å². The summed E-state index contributed by atoms with van der Waals surface area (Å²) in [7, 11) is 0. The molecule has 2 heterocycles. The van der Waals surface area contributed by atoms with Crippen LogP contribution in [0.1, 0.15) is 26.0 Å². The zero-order valence-electron chi connectivity index (χ0n) is 12.2. The molecule has 0 unspecified atom stereocenters. The molecule has 1 aliphatic rings. The predicted octanol–water partition coefficient (Wildman–Crippen LogP) is 1.54. The van der Waals surface area contributed by atoms with Crippen molar-refractivity contribution in [3.05, 3.63) is 24.2 Å². The lowest BCUT2D eigenvalue weighted by Gasteiger charge is -2.35. The molecule has 20 heavy (non-hydrogen) atoms. The van der Waals surface area contributed by atoms with E-state index in [0.717, 1.165) is 5.76 Å². The highest BCUT2D eigenvalue weighted by Gasteiger charge is 2.25. The highest BCUT2D eigenvalue weighted by molar-refractivity contribution is 5.79. The number of aryl methyl sites for hydroxylation is 1. The number of piperazine rings is 1. The summed E-state index contributed by atoms with van der Waals surface area (Å²) in [5, 5.41) is 0. The molecule has 0 saturated carbocycles. The minimum Gasteiger partial charge on any atom is -0.469 e. The Bertz CT molecular complexity index is 446. The molecule has 110 valence electrons. The third-order valence-corrected chi connectivity index (χ3v) is 3.60. The number of rotatable bonds is 4. The highest BCUT2D eigenvalue weighted by Crippen LogP contribution is 2.10. The van der Waals surface area contributed by atoms with Crippen molar-refractivity contribution in [2.24, 2.45) is 5.92 Å². The van der Waals surface area contributed by atoms with Crippen molar-refractivity contribution in [1.82, 2.24) is 9.80 Å². The Morgan fingerprint density at radius 1 is 1.20 bits per heavy atom. The van der Waals surface area contributed by atoms with Gasteiger partial charge in [0.05, 0.1) is 6.26 Å². The van der Waals surface area contributed by atoms with Gasteiger partial charge in [-0.05, 0) is 12.1 Å². The maximum Gasteiger partial charge on any atom is 0.225 e. The molecule has 5 heteroatoms. The van der Waals surface area contributed by atoms with Gasteiger partial charge in [0.2, 0.25) is 11.8 Å². The van der Waals surface area contributed by atoms with Gasteiger partial charge in [-0.15, -0.1) is 0 Å². The maximum absolute atomic E-state index is 12.1. The molecule has 2 rings (SSSR count). The Morgan fingerprint density at radius 2 is 1.85 bits per heavy atom. The first kappa shape index (κ1) is 14.6. The van der Waals surface area contributed by atoms with E-state index in [4.69, 9.17) is 4.42 Å². The highest BCUT2D eigenvalue weighted by atomic mass is 16.3. The van der Waals surface area contributed by atoms with Gasteiger partial charge in [-0.25, -0.2) is 0 Å². The van der Waals surface area contributed by atoms with Crippen molar-refractivity contribution in [3.63, 3.8) is 0 Å². The standard InChI is InChI=1S/C15H22N2O3/c1-12(2)15(19)17-9-7-16(8-10-17)14(18)6-5-13-4-3-11-20-13/h3-4,11-12H,5-10H2,1-2H3. The molecule has 1 fully saturated rings. The number of carbonyl (C=O) groups excluding carboxylic acids is 2. The van der Waals surface area contributed by atoms with Gasteiger partial charge in [0, 0.05) is 44.9 Å². The molecule has 1 saturated heterocycles. The third kappa shape index (κ3) is 3.62. The van der Waals surface area contributed by atoms with Crippen molar-refractivity contribution in [2.75, 3.05) is 26.2 Å². The molecule has 1 aromatic rings. The fraction of sp³-hybridized carbons (Fsp3) is 0.600. The summed E-state index contributed by atoms with van der Waals surface area (Å²) in [6.07, 6.45) is 2.72. The molecular formula is C15H22N2O3. The zero-order chi connectivity index (χ0) is 14.5. The first-order chi connectivity index (χ1) is 9.58. The fourth-order valence-electron chi connectivity index (χ4n) is 2.38. The largest absolute Gasteiger partial charge is 0.469 e. The van der Waals surface area contributed by atoms with Crippen LogP contribution in [0.15, 0.2) is 22.8 Å². The fourth-order valence-corrected chi connectivity index (χ4v) is 2.38. The lowest BCUT2D eigenvalue weighted by molar-refractivity contribution is -0.141. The minimum absolute atomic E-state index is 0.0243. The Balaban J connectivity index is 1.75. The van der Waals surface area contributed by atoms with E-state index >= 15 is 0 Å². The molecule has 0 spiro atoms. The van der Waals surface area contributed by atoms with E-state index in [-0.39, 0.29) is 17.7 Å². The van der Waals surface area contributed by atoms with Crippen molar-refractivity contribution in [1.29, 1.82) is 0 Å². The quantitative estimate of drug-likeness (QED) is 0.839. The average molecular weight is 278 g/mol. The second-order valence-electron chi connectivity index (χ2n) is 5.44. The molecule has 5 nitrogen and oxygen atoms in total. The summed E-state index contributed by atoms with van der Waals surface area (Å²) in [6.45, 7) is 6.37. The Labute approximate surface area is 119 Å². The SMILES string of the molecule is CC(C)C(=O)N1CCN(C(=O)CCc2ccco2)CC1.